The average Bonchev–Trinajstić information content (AvgIpc) is 1.94. The fourth-order valence-corrected chi connectivity index (χ4v) is 0. The summed E-state index contributed by atoms with van der Waals surface area (Å²) in [7, 11) is 0.500. The van der Waals surface area contributed by atoms with E-state index in [-0.39, 0.29) is 6.67 Å². The zero-order valence-electron chi connectivity index (χ0n) is 5.63. The van der Waals surface area contributed by atoms with E-state index in [1.165, 1.54) is 0 Å². The van der Waals surface area contributed by atoms with Gasteiger partial charge < -0.3 is 0 Å². The molecule has 0 radical (unpaired) electrons. The van der Waals surface area contributed by atoms with E-state index in [0.717, 1.165) is 0 Å². The molecule has 0 amide bonds. The highest BCUT2D eigenvalue weighted by Gasteiger charge is 1.60. The van der Waals surface area contributed by atoms with Crippen molar-refractivity contribution in [2.24, 2.45) is 0 Å². The number of rotatable bonds is 1. The van der Waals surface area contributed by atoms with E-state index in [9.17, 15) is 17.6 Å². The molecule has 0 aliphatic heterocycles. The van der Waals surface area contributed by atoms with Gasteiger partial charge in [0.15, 0.2) is 0 Å². The molecule has 0 aromatic carbocycles. The van der Waals surface area contributed by atoms with Gasteiger partial charge in [-0.25, -0.2) is 8.78 Å². The molecule has 0 aliphatic rings. The third kappa shape index (κ3) is 487. The molecule has 0 spiro atoms. The highest BCUT2D eigenvalue weighted by molar-refractivity contribution is 4.11. The van der Waals surface area contributed by atoms with Crippen molar-refractivity contribution in [3.05, 3.63) is 0 Å². The Balaban J connectivity index is -0.0000000646. The van der Waals surface area contributed by atoms with Gasteiger partial charge in [0.2, 0.25) is 6.93 Å². The van der Waals surface area contributed by atoms with Crippen LogP contribution in [0.2, 0.25) is 0 Å². The second kappa shape index (κ2) is 47.1. The summed E-state index contributed by atoms with van der Waals surface area (Å²) in [5.41, 5.74) is 0. The number of hydrogen-bond donors (Lipinski definition) is 0. The van der Waals surface area contributed by atoms with Gasteiger partial charge in [-0.15, -0.1) is 0 Å². The topological polar surface area (TPSA) is 0 Å². The van der Waals surface area contributed by atoms with Gasteiger partial charge in [-0.1, -0.05) is 6.92 Å². The van der Waals surface area contributed by atoms with E-state index in [0.29, 0.717) is 13.6 Å². The van der Waals surface area contributed by atoms with E-state index < -0.39 is 6.93 Å². The van der Waals surface area contributed by atoms with Crippen molar-refractivity contribution in [1.29, 1.82) is 0 Å². The minimum absolute atomic E-state index is 0.181. The molecule has 0 fully saturated rings. The lowest BCUT2D eigenvalue weighted by Crippen LogP contribution is -1.58. The van der Waals surface area contributed by atoms with Crippen LogP contribution in [0.1, 0.15) is 13.3 Å². The molecular weight excluding hydrogens is 136 g/mol. The standard InChI is InChI=1S/C3H7F.CH2F2.CH3F/c1-2-3-4;2-1-3;1-2/h2-3H2,1H3;1H2;1H3. The molecule has 0 unspecified atom stereocenters. The van der Waals surface area contributed by atoms with Crippen molar-refractivity contribution in [3.63, 3.8) is 0 Å². The zero-order valence-corrected chi connectivity index (χ0v) is 5.63. The van der Waals surface area contributed by atoms with Crippen molar-refractivity contribution in [2.45, 2.75) is 13.3 Å². The molecule has 0 heterocycles. The van der Waals surface area contributed by atoms with Crippen LogP contribution in [0, 0.1) is 0 Å². The summed E-state index contributed by atoms with van der Waals surface area (Å²) in [6.07, 6.45) is 0.653. The maximum Gasteiger partial charge on any atom is 0.229 e. The second-order valence-corrected chi connectivity index (χ2v) is 0.790. The van der Waals surface area contributed by atoms with Gasteiger partial charge >= 0.3 is 0 Å². The Morgan fingerprint density at radius 1 is 1.00 bits per heavy atom. The van der Waals surface area contributed by atoms with E-state index in [4.69, 9.17) is 0 Å². The van der Waals surface area contributed by atoms with Gasteiger partial charge in [0.1, 0.15) is 0 Å². The Bertz CT molecular complexity index is 16.4. The van der Waals surface area contributed by atoms with E-state index >= 15 is 0 Å². The van der Waals surface area contributed by atoms with Crippen LogP contribution in [-0.4, -0.2) is 20.8 Å². The van der Waals surface area contributed by atoms with Crippen molar-refractivity contribution >= 4 is 0 Å². The summed E-state index contributed by atoms with van der Waals surface area (Å²) in [5, 5.41) is 0. The van der Waals surface area contributed by atoms with Gasteiger partial charge in [-0.2, -0.15) is 0 Å². The molecule has 60 valence electrons. The largest absolute Gasteiger partial charge is 0.255 e. The maximum absolute atomic E-state index is 10.7. The van der Waals surface area contributed by atoms with Crippen LogP contribution in [0.3, 0.4) is 0 Å². The van der Waals surface area contributed by atoms with Crippen molar-refractivity contribution in [1.82, 2.24) is 0 Å². The molecule has 0 bridgehead atoms. The molecule has 0 nitrogen and oxygen atoms in total. The normalized spacial score (nSPS) is 6.00. The van der Waals surface area contributed by atoms with Crippen LogP contribution in [0.25, 0.3) is 0 Å². The minimum Gasteiger partial charge on any atom is -0.255 e. The third-order valence-electron chi connectivity index (χ3n) is 0.189. The first kappa shape index (κ1) is 15.9. The van der Waals surface area contributed by atoms with Crippen LogP contribution >= 0.6 is 0 Å². The van der Waals surface area contributed by atoms with Gasteiger partial charge in [0, 0.05) is 0 Å². The second-order valence-electron chi connectivity index (χ2n) is 0.790. The molecule has 0 saturated carbocycles. The molecule has 0 N–H and O–H groups in total. The molecule has 0 aromatic rings. The first-order chi connectivity index (χ1) is 4.33. The molecule has 0 saturated heterocycles. The lowest BCUT2D eigenvalue weighted by molar-refractivity contribution is 0.295. The molecule has 0 aromatic heterocycles. The fraction of sp³-hybridized carbons (Fsp3) is 1.00. The zero-order chi connectivity index (χ0) is 8.12. The van der Waals surface area contributed by atoms with Gasteiger partial charge in [0.05, 0.1) is 13.9 Å². The average molecular weight is 148 g/mol. The SMILES string of the molecule is CCCF.CF.FCF. The molecule has 0 aliphatic carbocycles. The van der Waals surface area contributed by atoms with Crippen LogP contribution in [0.4, 0.5) is 17.6 Å². The maximum atomic E-state index is 10.7. The number of halogens is 4. The molecule has 9 heavy (non-hydrogen) atoms. The van der Waals surface area contributed by atoms with Gasteiger partial charge in [-0.3, -0.25) is 8.78 Å². The van der Waals surface area contributed by atoms with Gasteiger partial charge in [0.25, 0.3) is 0 Å². The monoisotopic (exact) mass is 148 g/mol. The Kier molecular flexibility index (Phi) is 83.2. The number of hydrogen-bond acceptors (Lipinski definition) is 0. The highest BCUT2D eigenvalue weighted by Crippen LogP contribution is 1.69. The van der Waals surface area contributed by atoms with E-state index in [1.807, 2.05) is 0 Å². The van der Waals surface area contributed by atoms with Gasteiger partial charge in [-0.05, 0) is 6.42 Å². The minimum atomic E-state index is -1.75. The summed E-state index contributed by atoms with van der Waals surface area (Å²) in [4.78, 5) is 0. The Labute approximate surface area is 52.9 Å². The first-order valence-electron chi connectivity index (χ1n) is 2.39. The van der Waals surface area contributed by atoms with Crippen molar-refractivity contribution < 1.29 is 17.6 Å². The summed E-state index contributed by atoms with van der Waals surface area (Å²) in [6, 6.07) is 0. The number of alkyl halides is 4. The van der Waals surface area contributed by atoms with Crippen LogP contribution < -0.4 is 0 Å². The predicted octanol–water partition coefficient (Wildman–Crippen LogP) is 2.83. The van der Waals surface area contributed by atoms with Crippen LogP contribution in [0.5, 0.6) is 0 Å². The van der Waals surface area contributed by atoms with E-state index in [2.05, 4.69) is 0 Å². The predicted molar refractivity (Wildman–Crippen MR) is 30.4 cm³/mol. The summed E-state index contributed by atoms with van der Waals surface area (Å²) < 4.78 is 39.5. The molecule has 0 atom stereocenters. The third-order valence-corrected chi connectivity index (χ3v) is 0.189. The lowest BCUT2D eigenvalue weighted by atomic mass is 10.6. The smallest absolute Gasteiger partial charge is 0.229 e. The molecule has 0 rings (SSSR count). The summed E-state index contributed by atoms with van der Waals surface area (Å²) in [6.45, 7) is -0.125. The van der Waals surface area contributed by atoms with Crippen molar-refractivity contribution in [2.75, 3.05) is 20.8 Å². The fourth-order valence-electron chi connectivity index (χ4n) is 0. The molecule has 4 heteroatoms. The summed E-state index contributed by atoms with van der Waals surface area (Å²) >= 11 is 0. The first-order valence-corrected chi connectivity index (χ1v) is 2.39. The Morgan fingerprint density at radius 3 is 1.11 bits per heavy atom. The van der Waals surface area contributed by atoms with E-state index in [1.54, 1.807) is 6.92 Å². The highest BCUT2D eigenvalue weighted by atomic mass is 19.3. The molecular formula is C5H12F4. The van der Waals surface area contributed by atoms with Crippen LogP contribution in [-0.2, 0) is 0 Å². The van der Waals surface area contributed by atoms with Crippen molar-refractivity contribution in [3.8, 4) is 0 Å². The quantitative estimate of drug-likeness (QED) is 0.501. The Hall–Kier alpha value is -0.280. The van der Waals surface area contributed by atoms with Crippen LogP contribution in [0.15, 0.2) is 0 Å². The summed E-state index contributed by atoms with van der Waals surface area (Å²) in [5.74, 6) is 0. The lowest BCUT2D eigenvalue weighted by Gasteiger charge is -1.64. The Morgan fingerprint density at radius 2 is 1.11 bits per heavy atom.